The van der Waals surface area contributed by atoms with E-state index >= 15 is 0 Å². The third-order valence-corrected chi connectivity index (χ3v) is 3.36. The molecule has 4 heteroatoms. The monoisotopic (exact) mass is 277 g/mol. The summed E-state index contributed by atoms with van der Waals surface area (Å²) in [6.07, 6.45) is 9.27. The molecule has 0 saturated carbocycles. The van der Waals surface area contributed by atoms with Crippen molar-refractivity contribution in [2.24, 2.45) is 10.9 Å². The first-order valence-electron chi connectivity index (χ1n) is 7.27. The molecular formula is C16H27N3O. The SMILES string of the molecule is C=CC1N=CN(C)/C1=C/C(C)C(=C)NOCCCCC. The lowest BCUT2D eigenvalue weighted by Gasteiger charge is -2.18. The summed E-state index contributed by atoms with van der Waals surface area (Å²) in [7, 11) is 1.99. The summed E-state index contributed by atoms with van der Waals surface area (Å²) in [6.45, 7) is 12.8. The summed E-state index contributed by atoms with van der Waals surface area (Å²) < 4.78 is 0. The number of unbranched alkanes of at least 4 members (excludes halogenated alkanes) is 2. The van der Waals surface area contributed by atoms with Crippen molar-refractivity contribution in [2.75, 3.05) is 13.7 Å². The Kier molecular flexibility index (Phi) is 7.09. The quantitative estimate of drug-likeness (QED) is 0.399. The fourth-order valence-corrected chi connectivity index (χ4v) is 1.94. The standard InChI is InChI=1S/C16H27N3O/c1-6-8-9-10-20-18-14(4)13(3)11-16-15(7-2)17-12-19(16)5/h7,11-13,15,18H,2,4,6,8-10H2,1,3,5H3/b16-11+. The van der Waals surface area contributed by atoms with Crippen molar-refractivity contribution < 1.29 is 4.84 Å². The third-order valence-electron chi connectivity index (χ3n) is 3.36. The highest BCUT2D eigenvalue weighted by Gasteiger charge is 2.19. The van der Waals surface area contributed by atoms with Crippen molar-refractivity contribution in [1.82, 2.24) is 10.4 Å². The van der Waals surface area contributed by atoms with Gasteiger partial charge in [-0.3, -0.25) is 15.3 Å². The van der Waals surface area contributed by atoms with Crippen molar-refractivity contribution in [3.63, 3.8) is 0 Å². The van der Waals surface area contributed by atoms with Crippen molar-refractivity contribution in [1.29, 1.82) is 0 Å². The van der Waals surface area contributed by atoms with E-state index in [4.69, 9.17) is 4.84 Å². The van der Waals surface area contributed by atoms with Crippen LogP contribution >= 0.6 is 0 Å². The molecular weight excluding hydrogens is 250 g/mol. The molecule has 1 aliphatic heterocycles. The predicted octanol–water partition coefficient (Wildman–Crippen LogP) is 3.26. The summed E-state index contributed by atoms with van der Waals surface area (Å²) >= 11 is 0. The van der Waals surface area contributed by atoms with E-state index in [0.29, 0.717) is 6.61 Å². The predicted molar refractivity (Wildman–Crippen MR) is 85.2 cm³/mol. The molecule has 0 aromatic rings. The maximum absolute atomic E-state index is 5.42. The number of rotatable bonds is 9. The molecule has 0 fully saturated rings. The summed E-state index contributed by atoms with van der Waals surface area (Å²) in [5.74, 6) is 0.169. The van der Waals surface area contributed by atoms with Crippen molar-refractivity contribution in [3.8, 4) is 0 Å². The van der Waals surface area contributed by atoms with Gasteiger partial charge in [0.05, 0.1) is 12.9 Å². The number of nitrogens with zero attached hydrogens (tertiary/aromatic N) is 2. The van der Waals surface area contributed by atoms with Gasteiger partial charge >= 0.3 is 0 Å². The van der Waals surface area contributed by atoms with Crippen LogP contribution in [0.3, 0.4) is 0 Å². The van der Waals surface area contributed by atoms with Crippen molar-refractivity contribution in [2.45, 2.75) is 39.2 Å². The topological polar surface area (TPSA) is 36.9 Å². The molecule has 0 bridgehead atoms. The van der Waals surface area contributed by atoms with Gasteiger partial charge in [0.15, 0.2) is 0 Å². The molecule has 0 radical (unpaired) electrons. The Morgan fingerprint density at radius 1 is 1.60 bits per heavy atom. The minimum Gasteiger partial charge on any atom is -0.337 e. The highest BCUT2D eigenvalue weighted by atomic mass is 16.6. The normalized spacial score (nSPS) is 21.2. The van der Waals surface area contributed by atoms with Gasteiger partial charge in [-0.2, -0.15) is 0 Å². The summed E-state index contributed by atoms with van der Waals surface area (Å²) in [5.41, 5.74) is 4.92. The second-order valence-corrected chi connectivity index (χ2v) is 5.12. The number of allylic oxidation sites excluding steroid dienone is 1. The smallest absolute Gasteiger partial charge is 0.109 e. The van der Waals surface area contributed by atoms with E-state index in [-0.39, 0.29) is 12.0 Å². The van der Waals surface area contributed by atoms with Crippen LogP contribution in [0, 0.1) is 5.92 Å². The minimum atomic E-state index is 0.0423. The largest absolute Gasteiger partial charge is 0.337 e. The van der Waals surface area contributed by atoms with Crippen LogP contribution in [0.2, 0.25) is 0 Å². The molecule has 112 valence electrons. The molecule has 2 atom stereocenters. The Morgan fingerprint density at radius 2 is 2.35 bits per heavy atom. The summed E-state index contributed by atoms with van der Waals surface area (Å²) in [4.78, 5) is 11.8. The molecule has 20 heavy (non-hydrogen) atoms. The number of hydrogen-bond donors (Lipinski definition) is 1. The molecule has 0 aromatic heterocycles. The van der Waals surface area contributed by atoms with Gasteiger partial charge in [0, 0.05) is 24.4 Å². The van der Waals surface area contributed by atoms with E-state index in [9.17, 15) is 0 Å². The Hall–Kier alpha value is -1.55. The fraction of sp³-hybridized carbons (Fsp3) is 0.562. The first-order valence-corrected chi connectivity index (χ1v) is 7.27. The van der Waals surface area contributed by atoms with Crippen LogP contribution in [0.15, 0.2) is 41.7 Å². The summed E-state index contributed by atoms with van der Waals surface area (Å²) in [5, 5.41) is 0. The van der Waals surface area contributed by atoms with Gasteiger partial charge in [0.25, 0.3) is 0 Å². The molecule has 0 spiro atoms. The molecule has 0 aliphatic carbocycles. The van der Waals surface area contributed by atoms with Gasteiger partial charge in [0.1, 0.15) is 6.04 Å². The van der Waals surface area contributed by atoms with Crippen molar-refractivity contribution in [3.05, 3.63) is 36.7 Å². The zero-order valence-electron chi connectivity index (χ0n) is 12.9. The molecule has 0 aromatic carbocycles. The van der Waals surface area contributed by atoms with Crippen LogP contribution in [0.4, 0.5) is 0 Å². The molecule has 0 amide bonds. The Bertz CT molecular complexity index is 387. The minimum absolute atomic E-state index is 0.0423. The zero-order chi connectivity index (χ0) is 15.0. The number of hydrogen-bond acceptors (Lipinski definition) is 4. The second kappa shape index (κ2) is 8.59. The van der Waals surface area contributed by atoms with Gasteiger partial charge in [-0.15, -0.1) is 6.58 Å². The van der Waals surface area contributed by atoms with Gasteiger partial charge < -0.3 is 4.90 Å². The first kappa shape index (κ1) is 16.5. The number of likely N-dealkylation sites (N-methyl/N-ethyl adjacent to an activating group) is 1. The lowest BCUT2D eigenvalue weighted by atomic mass is 10.0. The van der Waals surface area contributed by atoms with Gasteiger partial charge in [0.2, 0.25) is 0 Å². The molecule has 1 heterocycles. The molecule has 2 unspecified atom stereocenters. The molecule has 4 nitrogen and oxygen atoms in total. The Balaban J connectivity index is 2.42. The second-order valence-electron chi connectivity index (χ2n) is 5.12. The van der Waals surface area contributed by atoms with E-state index in [0.717, 1.165) is 17.8 Å². The number of hydroxylamine groups is 1. The van der Waals surface area contributed by atoms with E-state index < -0.39 is 0 Å². The molecule has 0 saturated heterocycles. The van der Waals surface area contributed by atoms with E-state index in [1.807, 2.05) is 24.4 Å². The highest BCUT2D eigenvalue weighted by Crippen LogP contribution is 2.21. The lowest BCUT2D eigenvalue weighted by molar-refractivity contribution is 0.0556. The average molecular weight is 277 g/mol. The van der Waals surface area contributed by atoms with E-state index in [2.05, 4.69) is 43.6 Å². The van der Waals surface area contributed by atoms with Crippen LogP contribution in [0.1, 0.15) is 33.1 Å². The maximum Gasteiger partial charge on any atom is 0.109 e. The third kappa shape index (κ3) is 4.85. The van der Waals surface area contributed by atoms with E-state index in [1.54, 1.807) is 0 Å². The summed E-state index contributed by atoms with van der Waals surface area (Å²) in [6, 6.07) is 0.0423. The van der Waals surface area contributed by atoms with Crippen LogP contribution in [-0.2, 0) is 4.84 Å². The average Bonchev–Trinajstić information content (AvgIpc) is 2.79. The molecule has 1 N–H and O–H groups in total. The highest BCUT2D eigenvalue weighted by molar-refractivity contribution is 5.63. The Labute approximate surface area is 122 Å². The molecule has 1 aliphatic rings. The van der Waals surface area contributed by atoms with Gasteiger partial charge in [-0.1, -0.05) is 45.4 Å². The fourth-order valence-electron chi connectivity index (χ4n) is 1.94. The van der Waals surface area contributed by atoms with Crippen LogP contribution in [0.5, 0.6) is 0 Å². The van der Waals surface area contributed by atoms with Gasteiger partial charge in [-0.25, -0.2) is 0 Å². The maximum atomic E-state index is 5.42. The van der Waals surface area contributed by atoms with Gasteiger partial charge in [-0.05, 0) is 6.42 Å². The first-order chi connectivity index (χ1) is 9.60. The van der Waals surface area contributed by atoms with Crippen LogP contribution < -0.4 is 5.48 Å². The Morgan fingerprint density at radius 3 is 3.00 bits per heavy atom. The van der Waals surface area contributed by atoms with E-state index in [1.165, 1.54) is 12.8 Å². The lowest BCUT2D eigenvalue weighted by Crippen LogP contribution is -2.21. The number of nitrogens with one attached hydrogen (secondary N) is 1. The van der Waals surface area contributed by atoms with Crippen LogP contribution in [0.25, 0.3) is 0 Å². The molecule has 1 rings (SSSR count). The number of aliphatic imine (C=N–C) groups is 1. The van der Waals surface area contributed by atoms with Crippen molar-refractivity contribution >= 4 is 6.34 Å². The van der Waals surface area contributed by atoms with Crippen LogP contribution in [-0.4, -0.2) is 30.9 Å². The zero-order valence-corrected chi connectivity index (χ0v) is 12.9.